The van der Waals surface area contributed by atoms with Crippen LogP contribution in [0.1, 0.15) is 18.1 Å². The lowest BCUT2D eigenvalue weighted by atomic mass is 9.99. The van der Waals surface area contributed by atoms with E-state index in [-0.39, 0.29) is 5.91 Å². The second-order valence-electron chi connectivity index (χ2n) is 7.84. The van der Waals surface area contributed by atoms with Gasteiger partial charge in [-0.3, -0.25) is 4.79 Å². The number of nitrogens with one attached hydrogen (secondary N) is 1. The number of anilines is 1. The number of aryl methyl sites for hydroxylation is 1. The molecule has 168 valence electrons. The number of aromatic nitrogens is 1. The van der Waals surface area contributed by atoms with Crippen molar-refractivity contribution in [2.45, 2.75) is 24.1 Å². The minimum absolute atomic E-state index is 0.194. The molecule has 4 nitrogen and oxygen atoms in total. The smallest absolute Gasteiger partial charge is 0.237 e. The highest BCUT2D eigenvalue weighted by Gasteiger charge is 2.21. The van der Waals surface area contributed by atoms with Crippen LogP contribution in [-0.4, -0.2) is 16.1 Å². The number of carbonyl (C=O) groups excluding carboxylic acids is 1. The molecule has 4 rings (SSSR count). The summed E-state index contributed by atoms with van der Waals surface area (Å²) in [4.78, 5) is 17.7. The number of carbonyl (C=O) groups is 1. The van der Waals surface area contributed by atoms with Crippen molar-refractivity contribution in [2.24, 2.45) is 0 Å². The Hall–Kier alpha value is -3.59. The summed E-state index contributed by atoms with van der Waals surface area (Å²) in [5, 5.41) is 13.5. The minimum atomic E-state index is -0.490. The molecule has 0 saturated carbocycles. The van der Waals surface area contributed by atoms with Gasteiger partial charge in [-0.1, -0.05) is 89.6 Å². The third-order valence-electron chi connectivity index (χ3n) is 5.28. The molecular weight excluding hydrogens is 462 g/mol. The van der Waals surface area contributed by atoms with Gasteiger partial charge in [0.2, 0.25) is 5.91 Å². The van der Waals surface area contributed by atoms with E-state index >= 15 is 0 Å². The first kappa shape index (κ1) is 23.6. The number of nitrogens with zero attached hydrogens (tertiary/aromatic N) is 2. The maximum atomic E-state index is 12.9. The maximum Gasteiger partial charge on any atom is 0.237 e. The number of hydrogen-bond acceptors (Lipinski definition) is 4. The van der Waals surface area contributed by atoms with Crippen molar-refractivity contribution >= 4 is 35.0 Å². The van der Waals surface area contributed by atoms with Crippen LogP contribution < -0.4 is 5.32 Å². The van der Waals surface area contributed by atoms with Crippen LogP contribution >= 0.6 is 23.4 Å². The normalized spacial score (nSPS) is 11.5. The van der Waals surface area contributed by atoms with Gasteiger partial charge in [-0.15, -0.1) is 0 Å². The average molecular weight is 484 g/mol. The van der Waals surface area contributed by atoms with Gasteiger partial charge in [0.05, 0.1) is 16.5 Å². The van der Waals surface area contributed by atoms with E-state index in [4.69, 9.17) is 16.6 Å². The van der Waals surface area contributed by atoms with Crippen molar-refractivity contribution in [1.82, 2.24) is 4.98 Å². The number of nitriles is 1. The maximum absolute atomic E-state index is 12.9. The van der Waals surface area contributed by atoms with Gasteiger partial charge in [-0.2, -0.15) is 5.26 Å². The van der Waals surface area contributed by atoms with E-state index in [2.05, 4.69) is 11.4 Å². The molecule has 1 amide bonds. The van der Waals surface area contributed by atoms with E-state index in [0.29, 0.717) is 21.3 Å². The van der Waals surface area contributed by atoms with E-state index in [0.717, 1.165) is 27.9 Å². The standard InChI is InChI=1S/C28H22ClN3OS/c1-18-11-13-21(14-12-18)26-16-24(20-7-4-3-5-8-20)25(17-30)28(32-26)34-19(2)27(33)31-23-10-6-9-22(29)15-23/h3-16,19H,1-2H3,(H,31,33)/t19-/m0/s1. The first-order chi connectivity index (χ1) is 16.4. The first-order valence-electron chi connectivity index (χ1n) is 10.8. The molecular formula is C28H22ClN3OS. The largest absolute Gasteiger partial charge is 0.325 e. The number of pyridine rings is 1. The Morgan fingerprint density at radius 3 is 2.41 bits per heavy atom. The van der Waals surface area contributed by atoms with Gasteiger partial charge in [0.25, 0.3) is 0 Å². The van der Waals surface area contributed by atoms with E-state index in [1.54, 1.807) is 31.2 Å². The summed E-state index contributed by atoms with van der Waals surface area (Å²) in [6.07, 6.45) is 0. The lowest BCUT2D eigenvalue weighted by Gasteiger charge is -2.16. The van der Waals surface area contributed by atoms with Gasteiger partial charge >= 0.3 is 0 Å². The molecule has 1 atom stereocenters. The fourth-order valence-corrected chi connectivity index (χ4v) is 4.58. The van der Waals surface area contributed by atoms with E-state index in [1.807, 2.05) is 67.6 Å². The first-order valence-corrected chi connectivity index (χ1v) is 12.0. The Bertz CT molecular complexity index is 1370. The van der Waals surface area contributed by atoms with Crippen molar-refractivity contribution in [3.63, 3.8) is 0 Å². The Kier molecular flexibility index (Phi) is 7.32. The zero-order chi connectivity index (χ0) is 24.1. The molecule has 4 aromatic rings. The van der Waals surface area contributed by atoms with Crippen LogP contribution in [0.25, 0.3) is 22.4 Å². The molecule has 0 unspecified atom stereocenters. The monoisotopic (exact) mass is 483 g/mol. The van der Waals surface area contributed by atoms with Crippen molar-refractivity contribution in [3.8, 4) is 28.5 Å². The zero-order valence-electron chi connectivity index (χ0n) is 18.7. The van der Waals surface area contributed by atoms with Crippen LogP contribution in [0.5, 0.6) is 0 Å². The fourth-order valence-electron chi connectivity index (χ4n) is 3.46. The molecule has 0 saturated heterocycles. The van der Waals surface area contributed by atoms with Crippen molar-refractivity contribution in [1.29, 1.82) is 5.26 Å². The number of benzene rings is 3. The fraction of sp³-hybridized carbons (Fsp3) is 0.107. The SMILES string of the molecule is Cc1ccc(-c2cc(-c3ccccc3)c(C#N)c(S[C@@H](C)C(=O)Nc3cccc(Cl)c3)n2)cc1. The van der Waals surface area contributed by atoms with Crippen LogP contribution in [-0.2, 0) is 4.79 Å². The Balaban J connectivity index is 1.73. The molecule has 0 spiro atoms. The molecule has 1 N–H and O–H groups in total. The summed E-state index contributed by atoms with van der Waals surface area (Å²) >= 11 is 7.30. The van der Waals surface area contributed by atoms with Crippen LogP contribution in [0, 0.1) is 18.3 Å². The highest BCUT2D eigenvalue weighted by Crippen LogP contribution is 2.36. The summed E-state index contributed by atoms with van der Waals surface area (Å²) in [5.41, 5.74) is 5.65. The molecule has 0 aliphatic carbocycles. The Labute approximate surface area is 208 Å². The topological polar surface area (TPSA) is 65.8 Å². The number of thioether (sulfide) groups is 1. The van der Waals surface area contributed by atoms with Gasteiger partial charge in [-0.05, 0) is 43.7 Å². The minimum Gasteiger partial charge on any atom is -0.325 e. The van der Waals surface area contributed by atoms with Crippen LogP contribution in [0.4, 0.5) is 5.69 Å². The molecule has 0 fully saturated rings. The van der Waals surface area contributed by atoms with Crippen LogP contribution in [0.2, 0.25) is 5.02 Å². The van der Waals surface area contributed by atoms with E-state index < -0.39 is 5.25 Å². The number of halogens is 1. The second kappa shape index (κ2) is 10.6. The van der Waals surface area contributed by atoms with Gasteiger partial charge in [-0.25, -0.2) is 4.98 Å². The summed E-state index contributed by atoms with van der Waals surface area (Å²) in [7, 11) is 0. The molecule has 0 bridgehead atoms. The predicted octanol–water partition coefficient (Wildman–Crippen LogP) is 7.37. The van der Waals surface area contributed by atoms with Crippen molar-refractivity contribution in [3.05, 3.63) is 101 Å². The number of rotatable bonds is 6. The third kappa shape index (κ3) is 5.48. The van der Waals surface area contributed by atoms with E-state index in [1.165, 1.54) is 11.8 Å². The Morgan fingerprint density at radius 2 is 1.74 bits per heavy atom. The summed E-state index contributed by atoms with van der Waals surface area (Å²) in [6, 6.07) is 29.1. The summed E-state index contributed by atoms with van der Waals surface area (Å²) < 4.78 is 0. The number of amides is 1. The van der Waals surface area contributed by atoms with E-state index in [9.17, 15) is 10.1 Å². The zero-order valence-corrected chi connectivity index (χ0v) is 20.3. The third-order valence-corrected chi connectivity index (χ3v) is 6.60. The van der Waals surface area contributed by atoms with Crippen LogP contribution in [0.15, 0.2) is 90.0 Å². The molecule has 1 aromatic heterocycles. The van der Waals surface area contributed by atoms with Gasteiger partial charge in [0, 0.05) is 21.8 Å². The van der Waals surface area contributed by atoms with Crippen molar-refractivity contribution in [2.75, 3.05) is 5.32 Å². The highest BCUT2D eigenvalue weighted by molar-refractivity contribution is 8.00. The second-order valence-corrected chi connectivity index (χ2v) is 9.60. The molecule has 34 heavy (non-hydrogen) atoms. The lowest BCUT2D eigenvalue weighted by molar-refractivity contribution is -0.115. The quantitative estimate of drug-likeness (QED) is 0.291. The van der Waals surface area contributed by atoms with Gasteiger partial charge in [0.15, 0.2) is 0 Å². The number of hydrogen-bond donors (Lipinski definition) is 1. The molecule has 1 heterocycles. The molecule has 0 aliphatic heterocycles. The summed E-state index contributed by atoms with van der Waals surface area (Å²) in [5.74, 6) is -0.194. The highest BCUT2D eigenvalue weighted by atomic mass is 35.5. The molecule has 0 aliphatic rings. The van der Waals surface area contributed by atoms with Gasteiger partial charge in [0.1, 0.15) is 11.1 Å². The predicted molar refractivity (Wildman–Crippen MR) is 140 cm³/mol. The van der Waals surface area contributed by atoms with Crippen molar-refractivity contribution < 1.29 is 4.79 Å². The molecule has 6 heteroatoms. The summed E-state index contributed by atoms with van der Waals surface area (Å²) in [6.45, 7) is 3.83. The molecule has 0 radical (unpaired) electrons. The lowest BCUT2D eigenvalue weighted by Crippen LogP contribution is -2.22. The Morgan fingerprint density at radius 1 is 1.00 bits per heavy atom. The van der Waals surface area contributed by atoms with Crippen LogP contribution in [0.3, 0.4) is 0 Å². The molecule has 3 aromatic carbocycles. The average Bonchev–Trinajstić information content (AvgIpc) is 2.84. The van der Waals surface area contributed by atoms with Gasteiger partial charge < -0.3 is 5.32 Å².